The number of aromatic carboxylic acids is 1. The van der Waals surface area contributed by atoms with Crippen molar-refractivity contribution in [1.29, 1.82) is 0 Å². The van der Waals surface area contributed by atoms with Gasteiger partial charge in [-0.25, -0.2) is 4.79 Å². The van der Waals surface area contributed by atoms with Crippen LogP contribution in [0.25, 0.3) is 44.0 Å². The Bertz CT molecular complexity index is 1920. The Hall–Kier alpha value is -5.05. The van der Waals surface area contributed by atoms with Gasteiger partial charge in [0.2, 0.25) is 10.9 Å². The van der Waals surface area contributed by atoms with E-state index < -0.39 is 45.1 Å². The molecule has 0 aliphatic rings. The molecule has 0 aliphatic heterocycles. The molecule has 9 nitrogen and oxygen atoms in total. The van der Waals surface area contributed by atoms with Crippen LogP contribution < -0.4 is 10.9 Å². The Morgan fingerprint density at radius 3 is 2.22 bits per heavy atom. The molecule has 0 saturated carbocycles. The smallest absolute Gasteiger partial charge is 0.340 e. The number of para-hydroxylation sites is 1. The van der Waals surface area contributed by atoms with Gasteiger partial charge in [0, 0.05) is 11.1 Å². The number of hydrogen-bond acceptors (Lipinski definition) is 8. The molecule has 0 amide bonds. The van der Waals surface area contributed by atoms with Crippen molar-refractivity contribution in [2.75, 3.05) is 0 Å². The first-order valence-electron chi connectivity index (χ1n) is 10.7. The molecular formula is C27H16O9. The highest BCUT2D eigenvalue weighted by Gasteiger charge is 2.28. The van der Waals surface area contributed by atoms with Gasteiger partial charge in [-0.3, -0.25) is 19.2 Å². The Morgan fingerprint density at radius 2 is 1.56 bits per heavy atom. The molecule has 0 aliphatic carbocycles. The summed E-state index contributed by atoms with van der Waals surface area (Å²) in [6, 6.07) is 9.94. The molecule has 36 heavy (non-hydrogen) atoms. The topological polar surface area (TPSA) is 152 Å². The standard InChI is InChI=1S/C27H16O9/c1-11(28)14-9-15-24(31)13-5-3-4-6-18(13)36-26(15)20(12(2)29)21(14)16-10-35-19-8-7-17(30)22(27(33)34)23(19)25(16)32/h3-10,30H,1-2H3,(H,33,34). The van der Waals surface area contributed by atoms with Crippen molar-refractivity contribution < 1.29 is 33.4 Å². The predicted octanol–water partition coefficient (Wildman–Crippen LogP) is 4.53. The molecule has 9 heteroatoms. The number of aromatic hydroxyl groups is 1. The minimum absolute atomic E-state index is 0.0260. The van der Waals surface area contributed by atoms with Crippen LogP contribution >= 0.6 is 0 Å². The van der Waals surface area contributed by atoms with Gasteiger partial charge in [-0.1, -0.05) is 12.1 Å². The molecule has 0 spiro atoms. The van der Waals surface area contributed by atoms with Crippen LogP contribution in [0, 0.1) is 0 Å². The van der Waals surface area contributed by atoms with Crippen molar-refractivity contribution in [3.63, 3.8) is 0 Å². The van der Waals surface area contributed by atoms with Crippen LogP contribution in [0.5, 0.6) is 5.75 Å². The van der Waals surface area contributed by atoms with E-state index in [1.165, 1.54) is 26.0 Å². The lowest BCUT2D eigenvalue weighted by molar-refractivity contribution is 0.0695. The second-order valence-corrected chi connectivity index (χ2v) is 8.21. The summed E-state index contributed by atoms with van der Waals surface area (Å²) < 4.78 is 11.4. The fourth-order valence-corrected chi connectivity index (χ4v) is 4.43. The van der Waals surface area contributed by atoms with Crippen LogP contribution in [0.1, 0.15) is 44.9 Å². The maximum Gasteiger partial charge on any atom is 0.340 e. The maximum absolute atomic E-state index is 13.6. The lowest BCUT2D eigenvalue weighted by Crippen LogP contribution is -2.16. The normalized spacial score (nSPS) is 11.3. The molecule has 2 aromatic heterocycles. The molecule has 5 rings (SSSR count). The number of rotatable bonds is 4. The number of ketones is 2. The Kier molecular flexibility index (Phi) is 5.06. The SMILES string of the molecule is CC(=O)c1cc2c(=O)c3ccccc3oc2c(C(C)=O)c1-c1coc2ccc(O)c(C(=O)O)c2c1=O. The average Bonchev–Trinajstić information content (AvgIpc) is 2.83. The number of carboxylic acids is 1. The summed E-state index contributed by atoms with van der Waals surface area (Å²) in [5, 5.41) is 19.5. The highest BCUT2D eigenvalue weighted by atomic mass is 16.4. The largest absolute Gasteiger partial charge is 0.507 e. The van der Waals surface area contributed by atoms with Crippen molar-refractivity contribution in [3.8, 4) is 16.9 Å². The van der Waals surface area contributed by atoms with E-state index in [4.69, 9.17) is 8.83 Å². The number of carboxylic acid groups (broad SMARTS) is 1. The van der Waals surface area contributed by atoms with E-state index in [9.17, 15) is 34.2 Å². The highest BCUT2D eigenvalue weighted by molar-refractivity contribution is 6.17. The minimum atomic E-state index is -1.57. The van der Waals surface area contributed by atoms with Gasteiger partial charge >= 0.3 is 5.97 Å². The number of Topliss-reactive ketones (excluding diaryl/α,β-unsaturated/α-hetero) is 2. The molecular weight excluding hydrogens is 468 g/mol. The van der Waals surface area contributed by atoms with E-state index in [-0.39, 0.29) is 49.8 Å². The molecule has 0 unspecified atom stereocenters. The lowest BCUT2D eigenvalue weighted by Gasteiger charge is -2.15. The summed E-state index contributed by atoms with van der Waals surface area (Å²) in [6.45, 7) is 2.39. The van der Waals surface area contributed by atoms with Gasteiger partial charge < -0.3 is 19.0 Å². The van der Waals surface area contributed by atoms with Gasteiger partial charge in [-0.05, 0) is 44.2 Å². The number of carbonyl (C=O) groups excluding carboxylic acids is 2. The first kappa shape index (κ1) is 22.7. The number of carbonyl (C=O) groups is 3. The van der Waals surface area contributed by atoms with Gasteiger partial charge in [0.25, 0.3) is 0 Å². The van der Waals surface area contributed by atoms with Gasteiger partial charge in [0.1, 0.15) is 34.3 Å². The number of hydrogen-bond donors (Lipinski definition) is 2. The molecule has 5 aromatic rings. The Morgan fingerprint density at radius 1 is 0.833 bits per heavy atom. The van der Waals surface area contributed by atoms with E-state index in [2.05, 4.69) is 0 Å². The maximum atomic E-state index is 13.6. The second kappa shape index (κ2) is 8.02. The molecule has 2 heterocycles. The van der Waals surface area contributed by atoms with E-state index >= 15 is 0 Å². The molecule has 0 bridgehead atoms. The molecule has 0 atom stereocenters. The van der Waals surface area contributed by atoms with Crippen LogP contribution in [-0.4, -0.2) is 27.7 Å². The van der Waals surface area contributed by atoms with E-state index in [0.29, 0.717) is 0 Å². The fourth-order valence-electron chi connectivity index (χ4n) is 4.43. The van der Waals surface area contributed by atoms with Crippen molar-refractivity contribution in [2.24, 2.45) is 0 Å². The van der Waals surface area contributed by atoms with Gasteiger partial charge in [-0.2, -0.15) is 0 Å². The van der Waals surface area contributed by atoms with Crippen molar-refractivity contribution in [1.82, 2.24) is 0 Å². The van der Waals surface area contributed by atoms with E-state index in [1.807, 2.05) is 0 Å². The van der Waals surface area contributed by atoms with Crippen LogP contribution in [0.15, 0.2) is 67.2 Å². The molecule has 0 fully saturated rings. The average molecular weight is 484 g/mol. The zero-order chi connectivity index (χ0) is 25.9. The Balaban J connectivity index is 2.04. The van der Waals surface area contributed by atoms with Crippen LogP contribution in [0.3, 0.4) is 0 Å². The third-order valence-corrected chi connectivity index (χ3v) is 6.00. The molecule has 3 aromatic carbocycles. The van der Waals surface area contributed by atoms with Crippen molar-refractivity contribution in [3.05, 3.63) is 85.9 Å². The van der Waals surface area contributed by atoms with Crippen molar-refractivity contribution in [2.45, 2.75) is 13.8 Å². The number of phenols is 1. The van der Waals surface area contributed by atoms with Crippen LogP contribution in [0.2, 0.25) is 0 Å². The summed E-state index contributed by atoms with van der Waals surface area (Å²) in [7, 11) is 0. The molecule has 178 valence electrons. The summed E-state index contributed by atoms with van der Waals surface area (Å²) in [5.41, 5.74) is -2.88. The summed E-state index contributed by atoms with van der Waals surface area (Å²) in [4.78, 5) is 64.3. The van der Waals surface area contributed by atoms with Gasteiger partial charge in [0.05, 0.1) is 27.3 Å². The third-order valence-electron chi connectivity index (χ3n) is 6.00. The first-order valence-corrected chi connectivity index (χ1v) is 10.7. The van der Waals surface area contributed by atoms with Gasteiger partial charge in [0.15, 0.2) is 11.6 Å². The summed E-state index contributed by atoms with van der Waals surface area (Å²) in [5.74, 6) is -3.40. The zero-order valence-corrected chi connectivity index (χ0v) is 18.9. The molecule has 2 N–H and O–H groups in total. The highest BCUT2D eigenvalue weighted by Crippen LogP contribution is 2.36. The predicted molar refractivity (Wildman–Crippen MR) is 130 cm³/mol. The van der Waals surface area contributed by atoms with E-state index in [1.54, 1.807) is 24.3 Å². The van der Waals surface area contributed by atoms with Crippen molar-refractivity contribution >= 4 is 50.4 Å². The van der Waals surface area contributed by atoms with Crippen LogP contribution in [0.4, 0.5) is 0 Å². The lowest BCUT2D eigenvalue weighted by atomic mass is 9.88. The summed E-state index contributed by atoms with van der Waals surface area (Å²) >= 11 is 0. The Labute approximate surface area is 200 Å². The van der Waals surface area contributed by atoms with Crippen LogP contribution in [-0.2, 0) is 0 Å². The molecule has 0 saturated heterocycles. The number of fused-ring (bicyclic) bond motifs is 3. The third kappa shape index (κ3) is 3.21. The first-order chi connectivity index (χ1) is 17.1. The minimum Gasteiger partial charge on any atom is -0.507 e. The summed E-state index contributed by atoms with van der Waals surface area (Å²) in [6.07, 6.45) is 1.01. The van der Waals surface area contributed by atoms with E-state index in [0.717, 1.165) is 12.3 Å². The second-order valence-electron chi connectivity index (χ2n) is 8.21. The zero-order valence-electron chi connectivity index (χ0n) is 18.9. The van der Waals surface area contributed by atoms with Gasteiger partial charge in [-0.15, -0.1) is 0 Å². The quantitative estimate of drug-likeness (QED) is 0.277. The fraction of sp³-hybridized carbons (Fsp3) is 0.0741. The molecule has 0 radical (unpaired) electrons. The monoisotopic (exact) mass is 484 g/mol. The number of benzene rings is 3.